The molecule has 2 amide bonds. The molecule has 0 saturated carbocycles. The number of halogens is 1. The molecule has 6 heteroatoms. The van der Waals surface area contributed by atoms with Gasteiger partial charge in [0.15, 0.2) is 0 Å². The zero-order chi connectivity index (χ0) is 15.6. The van der Waals surface area contributed by atoms with Crippen LogP contribution in [0.4, 0.5) is 5.69 Å². The Bertz CT molecular complexity index is 562. The number of benzene rings is 1. The Balaban J connectivity index is 2.09. The van der Waals surface area contributed by atoms with Crippen LogP contribution in [0.5, 0.6) is 0 Å². The van der Waals surface area contributed by atoms with E-state index >= 15 is 0 Å². The summed E-state index contributed by atoms with van der Waals surface area (Å²) >= 11 is 3.43. The number of aliphatic hydroxyl groups is 1. The molecule has 2 atom stereocenters. The van der Waals surface area contributed by atoms with Gasteiger partial charge in [0.2, 0.25) is 11.8 Å². The largest absolute Gasteiger partial charge is 0.394 e. The normalized spacial score (nSPS) is 19.7. The van der Waals surface area contributed by atoms with E-state index in [1.54, 1.807) is 11.8 Å². The second kappa shape index (κ2) is 6.58. The molecule has 1 heterocycles. The first-order chi connectivity index (χ1) is 9.92. The summed E-state index contributed by atoms with van der Waals surface area (Å²) in [6.45, 7) is 3.96. The van der Waals surface area contributed by atoms with Gasteiger partial charge in [-0.05, 0) is 37.6 Å². The zero-order valence-electron chi connectivity index (χ0n) is 12.1. The smallest absolute Gasteiger partial charge is 0.227 e. The first kappa shape index (κ1) is 16.0. The number of nitrogens with one attached hydrogen (secondary N) is 1. The maximum Gasteiger partial charge on any atom is 0.227 e. The van der Waals surface area contributed by atoms with Crippen LogP contribution in [-0.2, 0) is 9.59 Å². The Morgan fingerprint density at radius 3 is 2.90 bits per heavy atom. The van der Waals surface area contributed by atoms with E-state index in [0.29, 0.717) is 6.54 Å². The predicted octanol–water partition coefficient (Wildman–Crippen LogP) is 1.61. The number of carbonyl (C=O) groups excluding carboxylic acids is 2. The summed E-state index contributed by atoms with van der Waals surface area (Å²) in [5.41, 5.74) is 1.85. The number of carbonyl (C=O) groups is 2. The van der Waals surface area contributed by atoms with Gasteiger partial charge in [-0.1, -0.05) is 15.9 Å². The van der Waals surface area contributed by atoms with Gasteiger partial charge >= 0.3 is 0 Å². The monoisotopic (exact) mass is 354 g/mol. The molecule has 21 heavy (non-hydrogen) atoms. The lowest BCUT2D eigenvalue weighted by Gasteiger charge is -2.18. The molecule has 0 bridgehead atoms. The lowest BCUT2D eigenvalue weighted by atomic mass is 10.1. The van der Waals surface area contributed by atoms with E-state index in [2.05, 4.69) is 21.2 Å². The Morgan fingerprint density at radius 1 is 1.57 bits per heavy atom. The van der Waals surface area contributed by atoms with Gasteiger partial charge in [0.1, 0.15) is 0 Å². The van der Waals surface area contributed by atoms with Crippen LogP contribution in [-0.4, -0.2) is 36.1 Å². The number of aliphatic hydroxyl groups excluding tert-OH is 1. The average molecular weight is 355 g/mol. The van der Waals surface area contributed by atoms with Crippen LogP contribution < -0.4 is 10.2 Å². The number of hydrogen-bond acceptors (Lipinski definition) is 3. The first-order valence-electron chi connectivity index (χ1n) is 6.90. The van der Waals surface area contributed by atoms with Crippen LogP contribution in [0.2, 0.25) is 0 Å². The van der Waals surface area contributed by atoms with Gasteiger partial charge in [-0.25, -0.2) is 0 Å². The van der Waals surface area contributed by atoms with Crippen molar-refractivity contribution in [3.8, 4) is 0 Å². The minimum atomic E-state index is -0.365. The molecule has 0 aliphatic carbocycles. The lowest BCUT2D eigenvalue weighted by molar-refractivity contribution is -0.127. The Morgan fingerprint density at radius 2 is 2.29 bits per heavy atom. The van der Waals surface area contributed by atoms with Gasteiger partial charge in [0.05, 0.1) is 12.5 Å². The topological polar surface area (TPSA) is 69.6 Å². The number of amides is 2. The third kappa shape index (κ3) is 3.63. The van der Waals surface area contributed by atoms with Gasteiger partial charge in [0, 0.05) is 29.2 Å². The molecule has 1 aliphatic heterocycles. The van der Waals surface area contributed by atoms with Crippen molar-refractivity contribution in [2.45, 2.75) is 26.3 Å². The van der Waals surface area contributed by atoms with Crippen molar-refractivity contribution >= 4 is 33.4 Å². The van der Waals surface area contributed by atoms with E-state index in [0.717, 1.165) is 15.7 Å². The third-order valence-electron chi connectivity index (χ3n) is 3.61. The maximum absolute atomic E-state index is 12.1. The molecule has 1 aromatic rings. The average Bonchev–Trinajstić information content (AvgIpc) is 2.84. The Labute approximate surface area is 132 Å². The molecular formula is C15H19BrN2O3. The van der Waals surface area contributed by atoms with Crippen LogP contribution in [0.25, 0.3) is 0 Å². The summed E-state index contributed by atoms with van der Waals surface area (Å²) in [6, 6.07) is 5.40. The number of hydrogen-bond donors (Lipinski definition) is 2. The molecule has 1 aliphatic rings. The minimum absolute atomic E-state index is 0.0477. The molecule has 1 saturated heterocycles. The van der Waals surface area contributed by atoms with Crippen LogP contribution in [0.15, 0.2) is 22.7 Å². The second-order valence-corrected chi connectivity index (χ2v) is 6.29. The third-order valence-corrected chi connectivity index (χ3v) is 4.50. The SMILES string of the molecule is Cc1cc(N2CC(C(=O)NC(C)CO)CC2=O)ccc1Br. The molecule has 2 rings (SSSR count). The predicted molar refractivity (Wildman–Crippen MR) is 84.0 cm³/mol. The molecule has 2 N–H and O–H groups in total. The van der Waals surface area contributed by atoms with Crippen LogP contribution in [0.1, 0.15) is 18.9 Å². The van der Waals surface area contributed by atoms with Gasteiger partial charge in [0.25, 0.3) is 0 Å². The van der Waals surface area contributed by atoms with Crippen molar-refractivity contribution in [1.82, 2.24) is 5.32 Å². The maximum atomic E-state index is 12.1. The molecule has 2 unspecified atom stereocenters. The van der Waals surface area contributed by atoms with E-state index in [1.807, 2.05) is 25.1 Å². The highest BCUT2D eigenvalue weighted by atomic mass is 79.9. The van der Waals surface area contributed by atoms with Crippen molar-refractivity contribution in [3.05, 3.63) is 28.2 Å². The van der Waals surface area contributed by atoms with Crippen LogP contribution >= 0.6 is 15.9 Å². The van der Waals surface area contributed by atoms with E-state index in [-0.39, 0.29) is 36.8 Å². The number of nitrogens with zero attached hydrogens (tertiary/aromatic N) is 1. The van der Waals surface area contributed by atoms with Gasteiger partial charge in [-0.2, -0.15) is 0 Å². The van der Waals surface area contributed by atoms with Crippen LogP contribution in [0, 0.1) is 12.8 Å². The fourth-order valence-corrected chi connectivity index (χ4v) is 2.58. The molecule has 114 valence electrons. The zero-order valence-corrected chi connectivity index (χ0v) is 13.7. The van der Waals surface area contributed by atoms with Crippen LogP contribution in [0.3, 0.4) is 0 Å². The fourth-order valence-electron chi connectivity index (χ4n) is 2.34. The Kier molecular flexibility index (Phi) is 5.00. The molecule has 0 aromatic heterocycles. The van der Waals surface area contributed by atoms with E-state index in [9.17, 15) is 9.59 Å². The summed E-state index contributed by atoms with van der Waals surface area (Å²) in [7, 11) is 0. The van der Waals surface area contributed by atoms with Crippen molar-refractivity contribution in [2.24, 2.45) is 5.92 Å². The molecule has 0 spiro atoms. The highest BCUT2D eigenvalue weighted by molar-refractivity contribution is 9.10. The van der Waals surface area contributed by atoms with Crippen molar-refractivity contribution < 1.29 is 14.7 Å². The number of aryl methyl sites for hydroxylation is 1. The molecule has 1 fully saturated rings. The summed E-state index contributed by atoms with van der Waals surface area (Å²) in [5, 5.41) is 11.7. The standard InChI is InChI=1S/C15H19BrN2O3/c1-9-5-12(3-4-13(9)16)18-7-11(6-14(18)20)15(21)17-10(2)8-19/h3-5,10-11,19H,6-8H2,1-2H3,(H,17,21). The quantitative estimate of drug-likeness (QED) is 0.862. The fraction of sp³-hybridized carbons (Fsp3) is 0.467. The molecule has 0 radical (unpaired) electrons. The second-order valence-electron chi connectivity index (χ2n) is 5.43. The summed E-state index contributed by atoms with van der Waals surface area (Å²) in [6.07, 6.45) is 0.207. The summed E-state index contributed by atoms with van der Waals surface area (Å²) < 4.78 is 0.990. The Hall–Kier alpha value is -1.40. The first-order valence-corrected chi connectivity index (χ1v) is 7.69. The van der Waals surface area contributed by atoms with Gasteiger partial charge in [-0.15, -0.1) is 0 Å². The van der Waals surface area contributed by atoms with E-state index in [1.165, 1.54) is 0 Å². The van der Waals surface area contributed by atoms with Crippen molar-refractivity contribution in [1.29, 1.82) is 0 Å². The van der Waals surface area contributed by atoms with Gasteiger partial charge < -0.3 is 15.3 Å². The molecular weight excluding hydrogens is 336 g/mol. The van der Waals surface area contributed by atoms with E-state index < -0.39 is 0 Å². The summed E-state index contributed by atoms with van der Waals surface area (Å²) in [4.78, 5) is 25.8. The summed E-state index contributed by atoms with van der Waals surface area (Å²) in [5.74, 6) is -0.592. The molecule has 5 nitrogen and oxygen atoms in total. The van der Waals surface area contributed by atoms with Crippen molar-refractivity contribution in [3.63, 3.8) is 0 Å². The van der Waals surface area contributed by atoms with Gasteiger partial charge in [-0.3, -0.25) is 9.59 Å². The molecule has 1 aromatic carbocycles. The van der Waals surface area contributed by atoms with Crippen molar-refractivity contribution in [2.75, 3.05) is 18.1 Å². The minimum Gasteiger partial charge on any atom is -0.394 e. The highest BCUT2D eigenvalue weighted by Gasteiger charge is 2.35. The lowest BCUT2D eigenvalue weighted by Crippen LogP contribution is -2.40. The van der Waals surface area contributed by atoms with E-state index in [4.69, 9.17) is 5.11 Å². The number of anilines is 1. The number of rotatable bonds is 4. The highest BCUT2D eigenvalue weighted by Crippen LogP contribution is 2.28.